The van der Waals surface area contributed by atoms with Crippen LogP contribution in [0.3, 0.4) is 0 Å². The fraction of sp³-hybridized carbons (Fsp3) is 0.722. The highest BCUT2D eigenvalue weighted by Crippen LogP contribution is 2.27. The van der Waals surface area contributed by atoms with Crippen molar-refractivity contribution in [2.24, 2.45) is 0 Å². The van der Waals surface area contributed by atoms with Gasteiger partial charge in [0.25, 0.3) is 0 Å². The van der Waals surface area contributed by atoms with E-state index in [1.807, 2.05) is 13.1 Å². The van der Waals surface area contributed by atoms with Crippen molar-refractivity contribution < 1.29 is 4.74 Å². The minimum absolute atomic E-state index is 0.489. The highest BCUT2D eigenvalue weighted by Gasteiger charge is 2.30. The normalized spacial score (nSPS) is 24.9. The molecule has 0 bridgehead atoms. The molecule has 128 valence electrons. The molecule has 2 aliphatic heterocycles. The van der Waals surface area contributed by atoms with E-state index >= 15 is 0 Å². The molecule has 0 N–H and O–H groups in total. The van der Waals surface area contributed by atoms with Gasteiger partial charge in [-0.1, -0.05) is 0 Å². The van der Waals surface area contributed by atoms with E-state index in [0.717, 1.165) is 42.8 Å². The third-order valence-electron chi connectivity index (χ3n) is 5.42. The first kappa shape index (κ1) is 16.5. The molecule has 5 heteroatoms. The Bertz CT molecular complexity index is 528. The van der Waals surface area contributed by atoms with Crippen molar-refractivity contribution >= 4 is 5.82 Å². The van der Waals surface area contributed by atoms with Crippen molar-refractivity contribution in [1.82, 2.24) is 14.8 Å². The monoisotopic (exact) mass is 318 g/mol. The maximum Gasteiger partial charge on any atom is 0.132 e. The van der Waals surface area contributed by atoms with Crippen molar-refractivity contribution in [1.29, 1.82) is 0 Å². The third kappa shape index (κ3) is 3.61. The van der Waals surface area contributed by atoms with Gasteiger partial charge in [-0.25, -0.2) is 4.98 Å². The number of rotatable bonds is 3. The van der Waals surface area contributed by atoms with E-state index in [0.29, 0.717) is 6.04 Å². The van der Waals surface area contributed by atoms with Gasteiger partial charge in [0.1, 0.15) is 11.6 Å². The van der Waals surface area contributed by atoms with Gasteiger partial charge in [-0.05, 0) is 46.8 Å². The molecule has 1 aromatic rings. The fourth-order valence-electron chi connectivity index (χ4n) is 3.89. The summed E-state index contributed by atoms with van der Waals surface area (Å²) in [4.78, 5) is 12.2. The van der Waals surface area contributed by atoms with Crippen LogP contribution in [-0.4, -0.2) is 73.7 Å². The number of likely N-dealkylation sites (tertiary alicyclic amines) is 1. The standard InChI is InChI=1S/C18H30N4O/c1-14-12-19-18(11-17(14)23-4)22-10-9-21(13-15(22)2)16-5-7-20(3)8-6-16/h11-12,15-16H,5-10,13H2,1-4H3/t15-/m0/s1. The second-order valence-electron chi connectivity index (χ2n) is 7.08. The van der Waals surface area contributed by atoms with E-state index in [1.54, 1.807) is 7.11 Å². The Morgan fingerprint density at radius 1 is 1.17 bits per heavy atom. The maximum atomic E-state index is 5.46. The molecule has 0 spiro atoms. The fourth-order valence-corrected chi connectivity index (χ4v) is 3.89. The Kier molecular flexibility index (Phi) is 5.07. The quantitative estimate of drug-likeness (QED) is 0.851. The van der Waals surface area contributed by atoms with Crippen LogP contribution >= 0.6 is 0 Å². The summed E-state index contributed by atoms with van der Waals surface area (Å²) in [6.07, 6.45) is 4.53. The Balaban J connectivity index is 1.64. The lowest BCUT2D eigenvalue weighted by molar-refractivity contribution is 0.104. The lowest BCUT2D eigenvalue weighted by Crippen LogP contribution is -2.56. The molecule has 3 heterocycles. The average Bonchev–Trinajstić information content (AvgIpc) is 2.56. The number of hydrogen-bond acceptors (Lipinski definition) is 5. The summed E-state index contributed by atoms with van der Waals surface area (Å²) >= 11 is 0. The second-order valence-corrected chi connectivity index (χ2v) is 7.08. The Hall–Kier alpha value is -1.33. The molecule has 2 saturated heterocycles. The van der Waals surface area contributed by atoms with Crippen molar-refractivity contribution in [3.63, 3.8) is 0 Å². The van der Waals surface area contributed by atoms with Crippen LogP contribution in [0.15, 0.2) is 12.3 Å². The number of ether oxygens (including phenoxy) is 1. The number of hydrogen-bond donors (Lipinski definition) is 0. The molecular weight excluding hydrogens is 288 g/mol. The molecule has 0 unspecified atom stereocenters. The number of piperidine rings is 1. The first-order valence-corrected chi connectivity index (χ1v) is 8.78. The van der Waals surface area contributed by atoms with Crippen LogP contribution in [0.25, 0.3) is 0 Å². The molecule has 1 atom stereocenters. The van der Waals surface area contributed by atoms with E-state index in [1.165, 1.54) is 25.9 Å². The number of aromatic nitrogens is 1. The zero-order valence-corrected chi connectivity index (χ0v) is 15.0. The molecule has 5 nitrogen and oxygen atoms in total. The van der Waals surface area contributed by atoms with Gasteiger partial charge in [-0.2, -0.15) is 0 Å². The summed E-state index contributed by atoms with van der Waals surface area (Å²) in [5.74, 6) is 1.97. The Morgan fingerprint density at radius 2 is 1.91 bits per heavy atom. The largest absolute Gasteiger partial charge is 0.496 e. The van der Waals surface area contributed by atoms with Gasteiger partial charge in [0.05, 0.1) is 7.11 Å². The van der Waals surface area contributed by atoms with E-state index in [-0.39, 0.29) is 0 Å². The molecule has 0 amide bonds. The number of anilines is 1. The number of pyridine rings is 1. The molecule has 0 aliphatic carbocycles. The number of aryl methyl sites for hydroxylation is 1. The molecule has 2 aliphatic rings. The molecule has 1 aromatic heterocycles. The maximum absolute atomic E-state index is 5.46. The smallest absolute Gasteiger partial charge is 0.132 e. The van der Waals surface area contributed by atoms with Gasteiger partial charge in [-0.15, -0.1) is 0 Å². The highest BCUT2D eigenvalue weighted by molar-refractivity contribution is 5.48. The molecule has 3 rings (SSSR count). The van der Waals surface area contributed by atoms with E-state index in [2.05, 4.69) is 39.7 Å². The average molecular weight is 318 g/mol. The van der Waals surface area contributed by atoms with Crippen LogP contribution in [0.1, 0.15) is 25.3 Å². The zero-order valence-electron chi connectivity index (χ0n) is 15.0. The van der Waals surface area contributed by atoms with Crippen LogP contribution in [0.4, 0.5) is 5.82 Å². The molecular formula is C18H30N4O. The van der Waals surface area contributed by atoms with Crippen LogP contribution in [-0.2, 0) is 0 Å². The first-order chi connectivity index (χ1) is 11.1. The van der Waals surface area contributed by atoms with Crippen molar-refractivity contribution in [2.45, 2.75) is 38.8 Å². The summed E-state index contributed by atoms with van der Waals surface area (Å²) in [7, 11) is 3.96. The van der Waals surface area contributed by atoms with Crippen LogP contribution < -0.4 is 9.64 Å². The minimum Gasteiger partial charge on any atom is -0.496 e. The minimum atomic E-state index is 0.489. The summed E-state index contributed by atoms with van der Waals surface area (Å²) in [5.41, 5.74) is 1.09. The highest BCUT2D eigenvalue weighted by atomic mass is 16.5. The van der Waals surface area contributed by atoms with Crippen molar-refractivity contribution in [3.8, 4) is 5.75 Å². The van der Waals surface area contributed by atoms with Gasteiger partial charge < -0.3 is 14.5 Å². The summed E-state index contributed by atoms with van der Waals surface area (Å²) in [5, 5.41) is 0. The number of nitrogens with zero attached hydrogens (tertiary/aromatic N) is 4. The third-order valence-corrected chi connectivity index (χ3v) is 5.42. The summed E-state index contributed by atoms with van der Waals surface area (Å²) < 4.78 is 5.46. The van der Waals surface area contributed by atoms with E-state index < -0.39 is 0 Å². The first-order valence-electron chi connectivity index (χ1n) is 8.78. The van der Waals surface area contributed by atoms with E-state index in [4.69, 9.17) is 4.74 Å². The lowest BCUT2D eigenvalue weighted by Gasteiger charge is -2.45. The molecule has 0 saturated carbocycles. The predicted molar refractivity (Wildman–Crippen MR) is 94.4 cm³/mol. The summed E-state index contributed by atoms with van der Waals surface area (Å²) in [6.45, 7) is 10.1. The Morgan fingerprint density at radius 3 is 2.57 bits per heavy atom. The molecule has 2 fully saturated rings. The topological polar surface area (TPSA) is 31.8 Å². The SMILES string of the molecule is COc1cc(N2CCN(C3CCN(C)CC3)C[C@@H]2C)ncc1C. The van der Waals surface area contributed by atoms with Gasteiger partial charge in [0.2, 0.25) is 0 Å². The van der Waals surface area contributed by atoms with Gasteiger partial charge in [0.15, 0.2) is 0 Å². The lowest BCUT2D eigenvalue weighted by atomic mass is 10.0. The summed E-state index contributed by atoms with van der Waals surface area (Å²) in [6, 6.07) is 3.33. The van der Waals surface area contributed by atoms with Gasteiger partial charge in [-0.3, -0.25) is 4.90 Å². The van der Waals surface area contributed by atoms with Crippen molar-refractivity contribution in [2.75, 3.05) is 51.8 Å². The number of piperazine rings is 1. The molecule has 23 heavy (non-hydrogen) atoms. The second kappa shape index (κ2) is 7.05. The van der Waals surface area contributed by atoms with Gasteiger partial charge >= 0.3 is 0 Å². The Labute approximate surface area is 140 Å². The van der Waals surface area contributed by atoms with Gasteiger partial charge in [0, 0.05) is 49.5 Å². The number of methoxy groups -OCH3 is 1. The van der Waals surface area contributed by atoms with Crippen LogP contribution in [0, 0.1) is 6.92 Å². The molecule has 0 radical (unpaired) electrons. The van der Waals surface area contributed by atoms with E-state index in [9.17, 15) is 0 Å². The predicted octanol–water partition coefficient (Wildman–Crippen LogP) is 2.00. The zero-order chi connectivity index (χ0) is 16.4. The molecule has 0 aromatic carbocycles. The van der Waals surface area contributed by atoms with Crippen LogP contribution in [0.2, 0.25) is 0 Å². The van der Waals surface area contributed by atoms with Crippen molar-refractivity contribution in [3.05, 3.63) is 17.8 Å². The van der Waals surface area contributed by atoms with Crippen LogP contribution in [0.5, 0.6) is 5.75 Å².